The van der Waals surface area contributed by atoms with E-state index in [1.54, 1.807) is 11.8 Å². The first-order valence-corrected chi connectivity index (χ1v) is 6.53. The van der Waals surface area contributed by atoms with Gasteiger partial charge in [0.05, 0.1) is 0 Å². The van der Waals surface area contributed by atoms with Crippen LogP contribution in [0, 0.1) is 0 Å². The number of nitrogens with one attached hydrogen (secondary N) is 1. The molecule has 84 valence electrons. The second kappa shape index (κ2) is 4.85. The molecule has 0 aliphatic heterocycles. The first-order chi connectivity index (χ1) is 6.94. The van der Waals surface area contributed by atoms with E-state index in [1.165, 1.54) is 16.7 Å². The van der Waals surface area contributed by atoms with Crippen LogP contribution in [-0.4, -0.2) is 33.6 Å². The number of nitrogens with zero attached hydrogens (tertiary/aromatic N) is 1. The Bertz CT molecular complexity index is 350. The van der Waals surface area contributed by atoms with Gasteiger partial charge in [-0.1, -0.05) is 0 Å². The number of carbonyl (C=O) groups is 1. The van der Waals surface area contributed by atoms with E-state index >= 15 is 0 Å². The molecule has 0 aliphatic carbocycles. The summed E-state index contributed by atoms with van der Waals surface area (Å²) >= 11 is 3.07. The zero-order valence-electron chi connectivity index (χ0n) is 8.90. The molecular formula is C9H14N2O2S2. The van der Waals surface area contributed by atoms with Gasteiger partial charge in [0.15, 0.2) is 10.8 Å². The Morgan fingerprint density at radius 1 is 1.73 bits per heavy atom. The van der Waals surface area contributed by atoms with Gasteiger partial charge >= 0.3 is 5.97 Å². The fourth-order valence-electron chi connectivity index (χ4n) is 0.814. The minimum absolute atomic E-state index is 0.101. The molecule has 0 saturated carbocycles. The van der Waals surface area contributed by atoms with Gasteiger partial charge < -0.3 is 10.4 Å². The summed E-state index contributed by atoms with van der Waals surface area (Å²) in [5, 5.41) is 14.0. The third-order valence-corrected chi connectivity index (χ3v) is 3.99. The fraction of sp³-hybridized carbons (Fsp3) is 0.556. The lowest BCUT2D eigenvalue weighted by Gasteiger charge is -2.21. The highest BCUT2D eigenvalue weighted by molar-refractivity contribution is 7.99. The first-order valence-electron chi connectivity index (χ1n) is 4.42. The fourth-order valence-corrected chi connectivity index (χ4v) is 1.71. The van der Waals surface area contributed by atoms with Gasteiger partial charge in [0.2, 0.25) is 0 Å². The number of carboxylic acids is 1. The van der Waals surface area contributed by atoms with E-state index in [1.807, 2.05) is 6.26 Å². The number of carboxylic acid groups (broad SMARTS) is 1. The predicted molar refractivity (Wildman–Crippen MR) is 65.2 cm³/mol. The van der Waals surface area contributed by atoms with Crippen LogP contribution in [0.4, 0.5) is 5.13 Å². The molecule has 2 N–H and O–H groups in total. The van der Waals surface area contributed by atoms with Gasteiger partial charge in [-0.2, -0.15) is 11.8 Å². The molecular weight excluding hydrogens is 232 g/mol. The van der Waals surface area contributed by atoms with Crippen molar-refractivity contribution in [3.05, 3.63) is 11.1 Å². The molecule has 1 heterocycles. The molecule has 0 bridgehead atoms. The van der Waals surface area contributed by atoms with Crippen molar-refractivity contribution in [2.45, 2.75) is 18.6 Å². The smallest absolute Gasteiger partial charge is 0.355 e. The SMILES string of the molecule is CSC(C)(C)CNc1nc(C(=O)O)cs1. The van der Waals surface area contributed by atoms with Gasteiger partial charge in [-0.15, -0.1) is 11.3 Å². The standard InChI is InChI=1S/C9H14N2O2S2/c1-9(2,14-3)5-10-8-11-6(4-15-8)7(12)13/h4H,5H2,1-3H3,(H,10,11)(H,12,13). The van der Waals surface area contributed by atoms with E-state index in [9.17, 15) is 4.79 Å². The minimum Gasteiger partial charge on any atom is -0.476 e. The summed E-state index contributed by atoms with van der Waals surface area (Å²) in [5.41, 5.74) is 0.101. The average molecular weight is 246 g/mol. The van der Waals surface area contributed by atoms with Crippen LogP contribution < -0.4 is 5.32 Å². The lowest BCUT2D eigenvalue weighted by Crippen LogP contribution is -2.25. The van der Waals surface area contributed by atoms with Crippen molar-refractivity contribution in [3.8, 4) is 0 Å². The second-order valence-electron chi connectivity index (χ2n) is 3.66. The van der Waals surface area contributed by atoms with Gasteiger partial charge in [-0.3, -0.25) is 0 Å². The van der Waals surface area contributed by atoms with Crippen molar-refractivity contribution < 1.29 is 9.90 Å². The molecule has 0 aromatic carbocycles. The average Bonchev–Trinajstić information content (AvgIpc) is 2.63. The summed E-state index contributed by atoms with van der Waals surface area (Å²) in [4.78, 5) is 14.5. The van der Waals surface area contributed by atoms with Crippen molar-refractivity contribution in [1.82, 2.24) is 4.98 Å². The first kappa shape index (κ1) is 12.3. The Kier molecular flexibility index (Phi) is 3.98. The van der Waals surface area contributed by atoms with E-state index in [0.29, 0.717) is 5.13 Å². The highest BCUT2D eigenvalue weighted by atomic mass is 32.2. The monoisotopic (exact) mass is 246 g/mol. The van der Waals surface area contributed by atoms with Crippen LogP contribution in [0.15, 0.2) is 5.38 Å². The third kappa shape index (κ3) is 3.71. The highest BCUT2D eigenvalue weighted by Gasteiger charge is 2.16. The number of aromatic carboxylic acids is 1. The van der Waals surface area contributed by atoms with E-state index in [4.69, 9.17) is 5.11 Å². The zero-order valence-corrected chi connectivity index (χ0v) is 10.5. The van der Waals surface area contributed by atoms with Crippen LogP contribution in [-0.2, 0) is 0 Å². The number of hydrogen-bond acceptors (Lipinski definition) is 5. The molecule has 0 amide bonds. The van der Waals surface area contributed by atoms with Crippen LogP contribution in [0.25, 0.3) is 0 Å². The summed E-state index contributed by atoms with van der Waals surface area (Å²) in [7, 11) is 0. The van der Waals surface area contributed by atoms with Crippen molar-refractivity contribution in [2.75, 3.05) is 18.1 Å². The van der Waals surface area contributed by atoms with E-state index < -0.39 is 5.97 Å². The summed E-state index contributed by atoms with van der Waals surface area (Å²) in [6.45, 7) is 5.01. The number of aromatic nitrogens is 1. The largest absolute Gasteiger partial charge is 0.476 e. The van der Waals surface area contributed by atoms with E-state index in [0.717, 1.165) is 6.54 Å². The molecule has 0 spiro atoms. The van der Waals surface area contributed by atoms with Crippen LogP contribution in [0.1, 0.15) is 24.3 Å². The summed E-state index contributed by atoms with van der Waals surface area (Å²) in [5.74, 6) is -0.983. The molecule has 6 heteroatoms. The molecule has 0 saturated heterocycles. The van der Waals surface area contributed by atoms with Gasteiger partial charge in [0.25, 0.3) is 0 Å². The predicted octanol–water partition coefficient (Wildman–Crippen LogP) is 2.39. The lowest BCUT2D eigenvalue weighted by atomic mass is 10.2. The van der Waals surface area contributed by atoms with Crippen molar-refractivity contribution in [1.29, 1.82) is 0 Å². The molecule has 15 heavy (non-hydrogen) atoms. The second-order valence-corrected chi connectivity index (χ2v) is 6.03. The molecule has 0 atom stereocenters. The number of hydrogen-bond donors (Lipinski definition) is 2. The molecule has 4 nitrogen and oxygen atoms in total. The highest BCUT2D eigenvalue weighted by Crippen LogP contribution is 2.23. The Labute approximate surface area is 97.1 Å². The van der Waals surface area contributed by atoms with Gasteiger partial charge in [0.1, 0.15) is 0 Å². The molecule has 1 rings (SSSR count). The third-order valence-electron chi connectivity index (χ3n) is 1.94. The summed E-state index contributed by atoms with van der Waals surface area (Å²) in [6, 6.07) is 0. The maximum absolute atomic E-state index is 10.6. The van der Waals surface area contributed by atoms with Crippen LogP contribution in [0.5, 0.6) is 0 Å². The molecule has 0 aliphatic rings. The molecule has 0 fully saturated rings. The van der Waals surface area contributed by atoms with Crippen molar-refractivity contribution >= 4 is 34.2 Å². The lowest BCUT2D eigenvalue weighted by molar-refractivity contribution is 0.0691. The maximum atomic E-state index is 10.6. The topological polar surface area (TPSA) is 62.2 Å². The Balaban J connectivity index is 2.55. The number of anilines is 1. The van der Waals surface area contributed by atoms with Gasteiger partial charge in [-0.25, -0.2) is 9.78 Å². The van der Waals surface area contributed by atoms with Crippen LogP contribution in [0.3, 0.4) is 0 Å². The summed E-state index contributed by atoms with van der Waals surface area (Å²) in [6.07, 6.45) is 2.05. The summed E-state index contributed by atoms with van der Waals surface area (Å²) < 4.78 is 0.120. The Hall–Kier alpha value is -0.750. The quantitative estimate of drug-likeness (QED) is 0.835. The Morgan fingerprint density at radius 3 is 2.87 bits per heavy atom. The molecule has 1 aromatic rings. The molecule has 0 radical (unpaired) electrons. The van der Waals surface area contributed by atoms with Crippen LogP contribution >= 0.6 is 23.1 Å². The van der Waals surface area contributed by atoms with Gasteiger partial charge in [-0.05, 0) is 20.1 Å². The number of thiazole rings is 1. The van der Waals surface area contributed by atoms with E-state index in [-0.39, 0.29) is 10.4 Å². The maximum Gasteiger partial charge on any atom is 0.355 e. The van der Waals surface area contributed by atoms with Gasteiger partial charge in [0, 0.05) is 16.7 Å². The van der Waals surface area contributed by atoms with Crippen molar-refractivity contribution in [2.24, 2.45) is 0 Å². The minimum atomic E-state index is -0.983. The molecule has 1 aromatic heterocycles. The number of thioether (sulfide) groups is 1. The molecule has 0 unspecified atom stereocenters. The van der Waals surface area contributed by atoms with Crippen LogP contribution in [0.2, 0.25) is 0 Å². The zero-order chi connectivity index (χ0) is 11.5. The number of rotatable bonds is 5. The van der Waals surface area contributed by atoms with Crippen molar-refractivity contribution in [3.63, 3.8) is 0 Å². The Morgan fingerprint density at radius 2 is 2.40 bits per heavy atom. The normalized spacial score (nSPS) is 11.4. The van der Waals surface area contributed by atoms with E-state index in [2.05, 4.69) is 24.1 Å².